The van der Waals surface area contributed by atoms with Crippen LogP contribution in [0.5, 0.6) is 0 Å². The third-order valence-electron chi connectivity index (χ3n) is 2.11. The molecule has 2 N–H and O–H groups in total. The predicted molar refractivity (Wildman–Crippen MR) is 68.1 cm³/mol. The van der Waals surface area contributed by atoms with Gasteiger partial charge < -0.3 is 5.11 Å². The molecule has 1 atom stereocenters. The molecule has 0 amide bonds. The highest BCUT2D eigenvalue weighted by molar-refractivity contribution is 9.11. The van der Waals surface area contributed by atoms with Crippen LogP contribution in [-0.2, 0) is 10.0 Å². The highest BCUT2D eigenvalue weighted by Crippen LogP contribution is 2.26. The lowest BCUT2D eigenvalue weighted by molar-refractivity contribution is 0.270. The first-order valence-electron chi connectivity index (χ1n) is 4.88. The Balaban J connectivity index is 2.78. The van der Waals surface area contributed by atoms with Crippen LogP contribution in [0.4, 0.5) is 0 Å². The van der Waals surface area contributed by atoms with Crippen molar-refractivity contribution >= 4 is 37.3 Å². The topological polar surface area (TPSA) is 66.4 Å². The normalized spacial score (nSPS) is 13.9. The van der Waals surface area contributed by atoms with Crippen LogP contribution in [-0.4, -0.2) is 26.2 Å². The van der Waals surface area contributed by atoms with E-state index in [0.29, 0.717) is 12.8 Å². The zero-order valence-electron chi connectivity index (χ0n) is 8.81. The average Bonchev–Trinajstić information content (AvgIpc) is 2.64. The summed E-state index contributed by atoms with van der Waals surface area (Å²) in [6, 6.07) is 3.05. The van der Waals surface area contributed by atoms with Crippen molar-refractivity contribution in [2.24, 2.45) is 0 Å². The maximum atomic E-state index is 11.9. The summed E-state index contributed by atoms with van der Waals surface area (Å²) in [6.07, 6.45) is 1.09. The Labute approximate surface area is 108 Å². The van der Waals surface area contributed by atoms with Crippen LogP contribution in [0.1, 0.15) is 19.8 Å². The quantitative estimate of drug-likeness (QED) is 0.839. The van der Waals surface area contributed by atoms with Gasteiger partial charge in [-0.2, -0.15) is 0 Å². The van der Waals surface area contributed by atoms with Crippen molar-refractivity contribution in [2.75, 3.05) is 6.61 Å². The number of hydrogen-bond donors (Lipinski definition) is 2. The molecule has 0 aromatic carbocycles. The molecule has 1 unspecified atom stereocenters. The SMILES string of the molecule is CCC(CCO)NS(=O)(=O)c1ccc(Br)s1. The number of rotatable bonds is 6. The van der Waals surface area contributed by atoms with Gasteiger partial charge in [0.1, 0.15) is 4.21 Å². The van der Waals surface area contributed by atoms with Crippen LogP contribution in [0.2, 0.25) is 0 Å². The summed E-state index contributed by atoms with van der Waals surface area (Å²) >= 11 is 4.39. The third kappa shape index (κ3) is 3.81. The van der Waals surface area contributed by atoms with Crippen molar-refractivity contribution in [3.8, 4) is 0 Å². The monoisotopic (exact) mass is 327 g/mol. The Morgan fingerprint density at radius 3 is 2.69 bits per heavy atom. The molecule has 0 aliphatic heterocycles. The van der Waals surface area contributed by atoms with Crippen molar-refractivity contribution in [3.63, 3.8) is 0 Å². The largest absolute Gasteiger partial charge is 0.396 e. The lowest BCUT2D eigenvalue weighted by Gasteiger charge is -2.14. The highest BCUT2D eigenvalue weighted by Gasteiger charge is 2.20. The van der Waals surface area contributed by atoms with Gasteiger partial charge >= 0.3 is 0 Å². The number of thiophene rings is 1. The van der Waals surface area contributed by atoms with E-state index in [2.05, 4.69) is 20.7 Å². The second-order valence-corrected chi connectivity index (χ2v) is 7.70. The van der Waals surface area contributed by atoms with Crippen molar-refractivity contribution in [1.29, 1.82) is 0 Å². The van der Waals surface area contributed by atoms with E-state index in [-0.39, 0.29) is 16.9 Å². The van der Waals surface area contributed by atoms with Gasteiger partial charge in [-0.25, -0.2) is 13.1 Å². The molecule has 1 aromatic rings. The number of aliphatic hydroxyl groups is 1. The summed E-state index contributed by atoms with van der Waals surface area (Å²) in [4.78, 5) is 0. The molecule has 16 heavy (non-hydrogen) atoms. The second-order valence-electron chi connectivity index (χ2n) is 3.30. The Bertz CT molecular complexity index is 430. The minimum atomic E-state index is -3.45. The molecule has 7 heteroatoms. The second kappa shape index (κ2) is 6.11. The van der Waals surface area contributed by atoms with Crippen LogP contribution in [0.15, 0.2) is 20.1 Å². The van der Waals surface area contributed by atoms with Crippen molar-refractivity contribution in [3.05, 3.63) is 15.9 Å². The van der Waals surface area contributed by atoms with E-state index in [1.165, 1.54) is 11.3 Å². The summed E-state index contributed by atoms with van der Waals surface area (Å²) in [7, 11) is -3.45. The van der Waals surface area contributed by atoms with Gasteiger partial charge in [0.05, 0.1) is 3.79 Å². The minimum absolute atomic E-state index is 0.0187. The Morgan fingerprint density at radius 2 is 2.25 bits per heavy atom. The molecule has 0 aliphatic carbocycles. The van der Waals surface area contributed by atoms with E-state index in [9.17, 15) is 8.42 Å². The molecule has 0 bridgehead atoms. The number of halogens is 1. The van der Waals surface area contributed by atoms with Crippen molar-refractivity contribution < 1.29 is 13.5 Å². The van der Waals surface area contributed by atoms with Gasteiger partial charge in [0.15, 0.2) is 0 Å². The molecule has 0 radical (unpaired) electrons. The molecule has 92 valence electrons. The van der Waals surface area contributed by atoms with E-state index >= 15 is 0 Å². The van der Waals surface area contributed by atoms with Gasteiger partial charge in [-0.3, -0.25) is 0 Å². The van der Waals surface area contributed by atoms with Crippen LogP contribution >= 0.6 is 27.3 Å². The molecule has 1 aromatic heterocycles. The van der Waals surface area contributed by atoms with Gasteiger partial charge in [0, 0.05) is 12.6 Å². The molecule has 4 nitrogen and oxygen atoms in total. The molecule has 0 saturated carbocycles. The summed E-state index contributed by atoms with van der Waals surface area (Å²) in [5.41, 5.74) is 0. The van der Waals surface area contributed by atoms with Gasteiger partial charge in [-0.05, 0) is 40.9 Å². The van der Waals surface area contributed by atoms with Gasteiger partial charge in [-0.1, -0.05) is 6.92 Å². The fraction of sp³-hybridized carbons (Fsp3) is 0.556. The summed E-state index contributed by atoms with van der Waals surface area (Å²) < 4.78 is 27.4. The Kier molecular flexibility index (Phi) is 5.39. The van der Waals surface area contributed by atoms with E-state index in [4.69, 9.17) is 5.11 Å². The molecule has 0 saturated heterocycles. The Hall–Kier alpha value is 0.0500. The van der Waals surface area contributed by atoms with Crippen LogP contribution in [0.25, 0.3) is 0 Å². The molecule has 0 spiro atoms. The van der Waals surface area contributed by atoms with Gasteiger partial charge in [-0.15, -0.1) is 11.3 Å². The molecule has 0 aliphatic rings. The van der Waals surface area contributed by atoms with E-state index in [1.54, 1.807) is 12.1 Å². The summed E-state index contributed by atoms with van der Waals surface area (Å²) in [5, 5.41) is 8.80. The first-order chi connectivity index (χ1) is 7.49. The van der Waals surface area contributed by atoms with Crippen LogP contribution < -0.4 is 4.72 Å². The fourth-order valence-corrected chi connectivity index (χ4v) is 4.60. The van der Waals surface area contributed by atoms with Gasteiger partial charge in [0.25, 0.3) is 0 Å². The Morgan fingerprint density at radius 1 is 1.56 bits per heavy atom. The smallest absolute Gasteiger partial charge is 0.250 e. The zero-order valence-corrected chi connectivity index (χ0v) is 12.0. The number of sulfonamides is 1. The maximum Gasteiger partial charge on any atom is 0.250 e. The first kappa shape index (κ1) is 14.1. The zero-order chi connectivity index (χ0) is 12.2. The number of nitrogens with one attached hydrogen (secondary N) is 1. The molecular formula is C9H14BrNO3S2. The molecule has 1 heterocycles. The molecular weight excluding hydrogens is 314 g/mol. The van der Waals surface area contributed by atoms with Crippen LogP contribution in [0.3, 0.4) is 0 Å². The van der Waals surface area contributed by atoms with E-state index < -0.39 is 10.0 Å². The predicted octanol–water partition coefficient (Wildman–Crippen LogP) is 1.95. The summed E-state index contributed by atoms with van der Waals surface area (Å²) in [5.74, 6) is 0. The highest BCUT2D eigenvalue weighted by atomic mass is 79.9. The standard InChI is InChI=1S/C9H14BrNO3S2/c1-2-7(5-6-12)11-16(13,14)9-4-3-8(10)15-9/h3-4,7,11-12H,2,5-6H2,1H3. The first-order valence-corrected chi connectivity index (χ1v) is 7.97. The summed E-state index contributed by atoms with van der Waals surface area (Å²) in [6.45, 7) is 1.86. The van der Waals surface area contributed by atoms with E-state index in [1.807, 2.05) is 6.92 Å². The van der Waals surface area contributed by atoms with Gasteiger partial charge in [0.2, 0.25) is 10.0 Å². The van der Waals surface area contributed by atoms with Crippen molar-refractivity contribution in [1.82, 2.24) is 4.72 Å². The lowest BCUT2D eigenvalue weighted by atomic mass is 10.2. The minimum Gasteiger partial charge on any atom is -0.396 e. The van der Waals surface area contributed by atoms with Crippen LogP contribution in [0, 0.1) is 0 Å². The lowest BCUT2D eigenvalue weighted by Crippen LogP contribution is -2.34. The molecule has 1 rings (SSSR count). The third-order valence-corrected chi connectivity index (χ3v) is 5.74. The number of hydrogen-bond acceptors (Lipinski definition) is 4. The fourth-order valence-electron chi connectivity index (χ4n) is 1.22. The van der Waals surface area contributed by atoms with Crippen molar-refractivity contribution in [2.45, 2.75) is 30.0 Å². The maximum absolute atomic E-state index is 11.9. The number of aliphatic hydroxyl groups excluding tert-OH is 1. The molecule has 0 fully saturated rings. The average molecular weight is 328 g/mol. The van der Waals surface area contributed by atoms with E-state index in [0.717, 1.165) is 3.79 Å².